The second kappa shape index (κ2) is 3.45. The van der Waals surface area contributed by atoms with E-state index in [1.807, 2.05) is 24.3 Å². The highest BCUT2D eigenvalue weighted by Gasteiger charge is 2.41. The van der Waals surface area contributed by atoms with Crippen molar-refractivity contribution >= 4 is 5.78 Å². The van der Waals surface area contributed by atoms with Crippen molar-refractivity contribution in [3.63, 3.8) is 0 Å². The molecule has 74 valence electrons. The first-order valence-corrected chi connectivity index (χ1v) is 4.87. The van der Waals surface area contributed by atoms with Crippen molar-refractivity contribution in [1.82, 2.24) is 0 Å². The molecule has 2 atom stereocenters. The predicted octanol–water partition coefficient (Wildman–Crippen LogP) is 2.39. The third kappa shape index (κ3) is 1.65. The van der Waals surface area contributed by atoms with Crippen molar-refractivity contribution in [3.05, 3.63) is 29.8 Å². The standard InChI is InChI=1S/C12H14O2/c1-8(13)11-7-12(11)9-3-5-10(14-2)6-4-9/h3-6,11-12H,7H2,1-2H3/t11-,12-/m1/s1. The van der Waals surface area contributed by atoms with Crippen molar-refractivity contribution in [2.24, 2.45) is 5.92 Å². The quantitative estimate of drug-likeness (QED) is 0.731. The summed E-state index contributed by atoms with van der Waals surface area (Å²) >= 11 is 0. The minimum Gasteiger partial charge on any atom is -0.497 e. The summed E-state index contributed by atoms with van der Waals surface area (Å²) in [6.45, 7) is 1.67. The van der Waals surface area contributed by atoms with E-state index >= 15 is 0 Å². The minimum atomic E-state index is 0.267. The lowest BCUT2D eigenvalue weighted by Crippen LogP contribution is -1.94. The Bertz CT molecular complexity index is 340. The van der Waals surface area contributed by atoms with Crippen molar-refractivity contribution in [2.45, 2.75) is 19.3 Å². The van der Waals surface area contributed by atoms with Crippen LogP contribution in [0.2, 0.25) is 0 Å². The molecule has 1 aromatic rings. The molecular weight excluding hydrogens is 176 g/mol. The van der Waals surface area contributed by atoms with E-state index in [-0.39, 0.29) is 5.92 Å². The average Bonchev–Trinajstić information content (AvgIpc) is 2.97. The van der Waals surface area contributed by atoms with Gasteiger partial charge in [-0.2, -0.15) is 0 Å². The Morgan fingerprint density at radius 3 is 2.43 bits per heavy atom. The van der Waals surface area contributed by atoms with E-state index in [2.05, 4.69) is 0 Å². The van der Waals surface area contributed by atoms with Gasteiger partial charge in [-0.3, -0.25) is 4.79 Å². The molecule has 2 nitrogen and oxygen atoms in total. The molecule has 0 saturated heterocycles. The Balaban J connectivity index is 2.08. The molecule has 0 spiro atoms. The average molecular weight is 190 g/mol. The molecule has 0 N–H and O–H groups in total. The molecule has 14 heavy (non-hydrogen) atoms. The molecule has 1 aromatic carbocycles. The van der Waals surface area contributed by atoms with Gasteiger partial charge in [0, 0.05) is 5.92 Å². The van der Waals surface area contributed by atoms with Crippen molar-refractivity contribution in [1.29, 1.82) is 0 Å². The number of hydrogen-bond acceptors (Lipinski definition) is 2. The molecule has 0 aliphatic heterocycles. The molecule has 0 aromatic heterocycles. The van der Waals surface area contributed by atoms with Crippen LogP contribution in [0.25, 0.3) is 0 Å². The number of Topliss-reactive ketones (excluding diaryl/α,β-unsaturated/α-hetero) is 1. The zero-order chi connectivity index (χ0) is 10.1. The van der Waals surface area contributed by atoms with E-state index < -0.39 is 0 Å². The number of rotatable bonds is 3. The van der Waals surface area contributed by atoms with Crippen LogP contribution in [0, 0.1) is 5.92 Å². The lowest BCUT2D eigenvalue weighted by molar-refractivity contribution is -0.118. The number of ketones is 1. The lowest BCUT2D eigenvalue weighted by Gasteiger charge is -2.01. The second-order valence-electron chi connectivity index (χ2n) is 3.83. The summed E-state index contributed by atoms with van der Waals surface area (Å²) in [5, 5.41) is 0. The van der Waals surface area contributed by atoms with Gasteiger partial charge >= 0.3 is 0 Å². The van der Waals surface area contributed by atoms with Crippen LogP contribution in [0.5, 0.6) is 5.75 Å². The molecule has 0 radical (unpaired) electrons. The first-order chi connectivity index (χ1) is 6.72. The summed E-state index contributed by atoms with van der Waals surface area (Å²) in [7, 11) is 1.66. The zero-order valence-corrected chi connectivity index (χ0v) is 8.49. The van der Waals surface area contributed by atoms with Crippen LogP contribution in [0.3, 0.4) is 0 Å². The third-order valence-corrected chi connectivity index (χ3v) is 2.86. The van der Waals surface area contributed by atoms with E-state index in [0.29, 0.717) is 11.7 Å². The number of methoxy groups -OCH3 is 1. The number of carbonyl (C=O) groups is 1. The maximum absolute atomic E-state index is 11.1. The van der Waals surface area contributed by atoms with Crippen molar-refractivity contribution < 1.29 is 9.53 Å². The molecule has 1 aliphatic rings. The largest absolute Gasteiger partial charge is 0.497 e. The van der Waals surface area contributed by atoms with Gasteiger partial charge in [0.15, 0.2) is 0 Å². The normalized spacial score (nSPS) is 24.4. The van der Waals surface area contributed by atoms with Crippen LogP contribution >= 0.6 is 0 Å². The van der Waals surface area contributed by atoms with Gasteiger partial charge in [0.05, 0.1) is 7.11 Å². The fourth-order valence-electron chi connectivity index (χ4n) is 1.86. The van der Waals surface area contributed by atoms with Crippen LogP contribution in [-0.2, 0) is 4.79 Å². The maximum Gasteiger partial charge on any atom is 0.133 e. The van der Waals surface area contributed by atoms with Crippen molar-refractivity contribution in [3.8, 4) is 5.75 Å². The topological polar surface area (TPSA) is 26.3 Å². The van der Waals surface area contributed by atoms with E-state index in [9.17, 15) is 4.79 Å². The Morgan fingerprint density at radius 2 is 2.00 bits per heavy atom. The number of benzene rings is 1. The molecular formula is C12H14O2. The predicted molar refractivity (Wildman–Crippen MR) is 54.5 cm³/mol. The highest BCUT2D eigenvalue weighted by molar-refractivity contribution is 5.82. The van der Waals surface area contributed by atoms with Gasteiger partial charge < -0.3 is 4.74 Å². The van der Waals surface area contributed by atoms with E-state index in [1.165, 1.54) is 5.56 Å². The summed E-state index contributed by atoms with van der Waals surface area (Å²) in [5.41, 5.74) is 1.26. The highest BCUT2D eigenvalue weighted by atomic mass is 16.5. The number of ether oxygens (including phenoxy) is 1. The SMILES string of the molecule is COc1ccc([C@H]2C[C@@H]2C(C)=O)cc1. The second-order valence-corrected chi connectivity index (χ2v) is 3.83. The summed E-state index contributed by atoms with van der Waals surface area (Å²) in [6.07, 6.45) is 1.02. The van der Waals surface area contributed by atoms with Crippen molar-refractivity contribution in [2.75, 3.05) is 7.11 Å². The maximum atomic E-state index is 11.1. The van der Waals surface area contributed by atoms with E-state index in [1.54, 1.807) is 14.0 Å². The molecule has 0 unspecified atom stereocenters. The molecule has 1 fully saturated rings. The van der Waals surface area contributed by atoms with E-state index in [0.717, 1.165) is 12.2 Å². The number of carbonyl (C=O) groups excluding carboxylic acids is 1. The fourth-order valence-corrected chi connectivity index (χ4v) is 1.86. The number of hydrogen-bond donors (Lipinski definition) is 0. The Kier molecular flexibility index (Phi) is 2.28. The highest BCUT2D eigenvalue weighted by Crippen LogP contribution is 2.48. The molecule has 0 heterocycles. The first-order valence-electron chi connectivity index (χ1n) is 4.87. The van der Waals surface area contributed by atoms with Crippen LogP contribution in [0.1, 0.15) is 24.8 Å². The molecule has 1 saturated carbocycles. The molecule has 2 rings (SSSR count). The zero-order valence-electron chi connectivity index (χ0n) is 8.49. The van der Waals surface area contributed by atoms with Gasteiger partial charge in [0.2, 0.25) is 0 Å². The third-order valence-electron chi connectivity index (χ3n) is 2.86. The Labute approximate surface area is 83.9 Å². The molecule has 2 heteroatoms. The first kappa shape index (κ1) is 9.25. The Hall–Kier alpha value is -1.31. The summed E-state index contributed by atoms with van der Waals surface area (Å²) in [4.78, 5) is 11.1. The summed E-state index contributed by atoms with van der Waals surface area (Å²) in [5.74, 6) is 1.90. The van der Waals surface area contributed by atoms with Gasteiger partial charge in [0.1, 0.15) is 11.5 Å². The van der Waals surface area contributed by atoms with Gasteiger partial charge in [-0.05, 0) is 37.0 Å². The fraction of sp³-hybridized carbons (Fsp3) is 0.417. The van der Waals surface area contributed by atoms with Crippen LogP contribution < -0.4 is 4.74 Å². The van der Waals surface area contributed by atoms with Crippen LogP contribution in [-0.4, -0.2) is 12.9 Å². The monoisotopic (exact) mass is 190 g/mol. The molecule has 0 bridgehead atoms. The lowest BCUT2D eigenvalue weighted by atomic mass is 10.1. The minimum absolute atomic E-state index is 0.267. The molecule has 1 aliphatic carbocycles. The van der Waals surface area contributed by atoms with Gasteiger partial charge in [-0.25, -0.2) is 0 Å². The summed E-state index contributed by atoms with van der Waals surface area (Å²) in [6, 6.07) is 7.99. The van der Waals surface area contributed by atoms with Crippen LogP contribution in [0.15, 0.2) is 24.3 Å². The van der Waals surface area contributed by atoms with E-state index in [4.69, 9.17) is 4.74 Å². The van der Waals surface area contributed by atoms with Gasteiger partial charge in [0.25, 0.3) is 0 Å². The smallest absolute Gasteiger partial charge is 0.133 e. The Morgan fingerprint density at radius 1 is 1.36 bits per heavy atom. The van der Waals surface area contributed by atoms with Gasteiger partial charge in [-0.15, -0.1) is 0 Å². The van der Waals surface area contributed by atoms with Crippen LogP contribution in [0.4, 0.5) is 0 Å². The molecule has 0 amide bonds. The summed E-state index contributed by atoms with van der Waals surface area (Å²) < 4.78 is 5.08. The van der Waals surface area contributed by atoms with Gasteiger partial charge in [-0.1, -0.05) is 12.1 Å².